The molecule has 1 unspecified atom stereocenters. The van der Waals surface area contributed by atoms with E-state index >= 15 is 0 Å². The van der Waals surface area contributed by atoms with Crippen LogP contribution < -0.4 is 0 Å². The van der Waals surface area contributed by atoms with Crippen LogP contribution in [0.4, 0.5) is 0 Å². The predicted octanol–water partition coefficient (Wildman–Crippen LogP) is 4.16. The van der Waals surface area contributed by atoms with Crippen LogP contribution in [0.3, 0.4) is 0 Å². The molecule has 0 heterocycles. The molecule has 0 aromatic heterocycles. The minimum Gasteiger partial charge on any atom is -0.463 e. The Bertz CT molecular complexity index is 267. The maximum atomic E-state index is 12.2. The summed E-state index contributed by atoms with van der Waals surface area (Å²) < 4.78 is 5.82. The zero-order chi connectivity index (χ0) is 14.6. The van der Waals surface area contributed by atoms with E-state index in [1.165, 1.54) is 0 Å². The number of esters is 1. The van der Waals surface area contributed by atoms with E-state index in [4.69, 9.17) is 4.74 Å². The zero-order valence-corrected chi connectivity index (χ0v) is 15.7. The van der Waals surface area contributed by atoms with Crippen LogP contribution in [0.15, 0.2) is 0 Å². The lowest BCUT2D eigenvalue weighted by atomic mass is 9.91. The van der Waals surface area contributed by atoms with Crippen LogP contribution >= 0.6 is 0 Å². The fourth-order valence-corrected chi connectivity index (χ4v) is 5.10. The normalized spacial score (nSPS) is 14.7. The number of carbonyl (C=O) groups excluding carboxylic acids is 1. The molecule has 108 valence electrons. The lowest BCUT2D eigenvalue weighted by Gasteiger charge is -2.29. The Kier molecular flexibility index (Phi) is 6.86. The largest absolute Gasteiger partial charge is 0.463 e. The fourth-order valence-electron chi connectivity index (χ4n) is 1.84. The highest BCUT2D eigenvalue weighted by atomic mass is 28.3. The molecule has 0 spiro atoms. The molecule has 2 nitrogen and oxygen atoms in total. The molecule has 18 heavy (non-hydrogen) atoms. The Morgan fingerprint density at radius 2 is 1.78 bits per heavy atom. The van der Waals surface area contributed by atoms with Gasteiger partial charge in [-0.2, -0.15) is 0 Å². The molecule has 0 amide bonds. The smallest absolute Gasteiger partial charge is 0.311 e. The Balaban J connectivity index is 4.64. The van der Waals surface area contributed by atoms with E-state index in [-0.39, 0.29) is 17.5 Å². The van der Waals surface area contributed by atoms with Gasteiger partial charge in [0.25, 0.3) is 0 Å². The summed E-state index contributed by atoms with van der Waals surface area (Å²) in [6.45, 7) is 17.7. The van der Waals surface area contributed by atoms with Gasteiger partial charge in [0.05, 0.1) is 11.5 Å². The topological polar surface area (TPSA) is 26.3 Å². The Morgan fingerprint density at radius 1 is 1.28 bits per heavy atom. The van der Waals surface area contributed by atoms with Crippen LogP contribution in [-0.2, 0) is 9.53 Å². The van der Waals surface area contributed by atoms with E-state index in [2.05, 4.69) is 32.7 Å². The molecule has 0 aromatic carbocycles. The Morgan fingerprint density at radius 3 is 2.11 bits per heavy atom. The standard InChI is InChI=1S/C14H32O2Si2/c1-9-14(2,3)13(15)16-12(10-17(4)5)11-18(6,7)8/h12,17H,9-11H2,1-8H3. The van der Waals surface area contributed by atoms with Crippen molar-refractivity contribution >= 4 is 22.8 Å². The molecule has 0 N–H and O–H groups in total. The first kappa shape index (κ1) is 17.9. The van der Waals surface area contributed by atoms with E-state index in [0.29, 0.717) is 0 Å². The van der Waals surface area contributed by atoms with E-state index < -0.39 is 16.9 Å². The van der Waals surface area contributed by atoms with Gasteiger partial charge in [-0.3, -0.25) is 4.79 Å². The SMILES string of the molecule is CCC(C)(C)C(=O)OC(C[SiH](C)C)C[Si](C)(C)C. The van der Waals surface area contributed by atoms with Crippen molar-refractivity contribution in [1.29, 1.82) is 0 Å². The highest BCUT2D eigenvalue weighted by Gasteiger charge is 2.31. The summed E-state index contributed by atoms with van der Waals surface area (Å²) in [7, 11) is -1.87. The van der Waals surface area contributed by atoms with Crippen LogP contribution in [0.2, 0.25) is 44.8 Å². The fraction of sp³-hybridized carbons (Fsp3) is 0.929. The summed E-state index contributed by atoms with van der Waals surface area (Å²) in [6.07, 6.45) is 1.01. The molecule has 4 heteroatoms. The van der Waals surface area contributed by atoms with Gasteiger partial charge in [0, 0.05) is 16.9 Å². The summed E-state index contributed by atoms with van der Waals surface area (Å²) in [5.74, 6) is -0.0112. The van der Waals surface area contributed by atoms with Gasteiger partial charge in [0.15, 0.2) is 0 Å². The van der Waals surface area contributed by atoms with Gasteiger partial charge in [-0.15, -0.1) is 0 Å². The van der Waals surface area contributed by atoms with Crippen LogP contribution in [0.1, 0.15) is 27.2 Å². The van der Waals surface area contributed by atoms with Crippen LogP contribution in [-0.4, -0.2) is 28.9 Å². The summed E-state index contributed by atoms with van der Waals surface area (Å²) in [6, 6.07) is 2.22. The summed E-state index contributed by atoms with van der Waals surface area (Å²) in [5.41, 5.74) is -0.337. The quantitative estimate of drug-likeness (QED) is 0.519. The van der Waals surface area contributed by atoms with Crippen LogP contribution in [0.5, 0.6) is 0 Å². The molecule has 0 aliphatic carbocycles. The molecule has 0 radical (unpaired) electrons. The third kappa shape index (κ3) is 7.36. The first-order valence-electron chi connectivity index (χ1n) is 7.19. The highest BCUT2D eigenvalue weighted by molar-refractivity contribution is 6.76. The molecule has 0 saturated heterocycles. The van der Waals surface area contributed by atoms with Gasteiger partial charge in [-0.25, -0.2) is 0 Å². The molecule has 0 rings (SSSR count). The number of carbonyl (C=O) groups is 1. The summed E-state index contributed by atoms with van der Waals surface area (Å²) >= 11 is 0. The molecule has 1 atom stereocenters. The monoisotopic (exact) mass is 288 g/mol. The second-order valence-corrected chi connectivity index (χ2v) is 16.4. The zero-order valence-electron chi connectivity index (χ0n) is 13.6. The lowest BCUT2D eigenvalue weighted by molar-refractivity contribution is -0.158. The average Bonchev–Trinajstić information content (AvgIpc) is 2.13. The van der Waals surface area contributed by atoms with Crippen LogP contribution in [0.25, 0.3) is 0 Å². The molecule has 0 bridgehead atoms. The van der Waals surface area contributed by atoms with Crippen molar-refractivity contribution in [2.75, 3.05) is 0 Å². The van der Waals surface area contributed by atoms with Gasteiger partial charge in [0.1, 0.15) is 0 Å². The minimum absolute atomic E-state index is 0.0112. The van der Waals surface area contributed by atoms with Gasteiger partial charge >= 0.3 is 5.97 Å². The maximum Gasteiger partial charge on any atom is 0.311 e. The summed E-state index contributed by atoms with van der Waals surface area (Å²) in [5, 5.41) is 0. The molecule has 0 fully saturated rings. The average molecular weight is 289 g/mol. The van der Waals surface area contributed by atoms with Gasteiger partial charge < -0.3 is 4.74 Å². The van der Waals surface area contributed by atoms with Gasteiger partial charge in [0.2, 0.25) is 0 Å². The van der Waals surface area contributed by atoms with E-state index in [1.807, 2.05) is 20.8 Å². The van der Waals surface area contributed by atoms with Crippen molar-refractivity contribution in [3.8, 4) is 0 Å². The molecule has 0 aliphatic rings. The predicted molar refractivity (Wildman–Crippen MR) is 85.8 cm³/mol. The van der Waals surface area contributed by atoms with Crippen molar-refractivity contribution in [2.24, 2.45) is 5.41 Å². The van der Waals surface area contributed by atoms with Gasteiger partial charge in [-0.1, -0.05) is 39.7 Å². The van der Waals surface area contributed by atoms with E-state index in [1.54, 1.807) is 0 Å². The van der Waals surface area contributed by atoms with E-state index in [0.717, 1.165) is 18.5 Å². The highest BCUT2D eigenvalue weighted by Crippen LogP contribution is 2.26. The molecular weight excluding hydrogens is 256 g/mol. The van der Waals surface area contributed by atoms with Crippen molar-refractivity contribution < 1.29 is 9.53 Å². The number of hydrogen-bond acceptors (Lipinski definition) is 2. The number of ether oxygens (including phenoxy) is 1. The van der Waals surface area contributed by atoms with Gasteiger partial charge in [-0.05, 0) is 32.4 Å². The van der Waals surface area contributed by atoms with Crippen molar-refractivity contribution in [1.82, 2.24) is 0 Å². The van der Waals surface area contributed by atoms with Crippen LogP contribution in [0, 0.1) is 5.41 Å². The van der Waals surface area contributed by atoms with Crippen molar-refractivity contribution in [3.63, 3.8) is 0 Å². The maximum absolute atomic E-state index is 12.2. The lowest BCUT2D eigenvalue weighted by Crippen LogP contribution is -2.36. The third-order valence-corrected chi connectivity index (χ3v) is 6.43. The Labute approximate surface area is 116 Å². The molecular formula is C14H32O2Si2. The third-order valence-electron chi connectivity index (χ3n) is 3.28. The first-order valence-corrected chi connectivity index (χ1v) is 14.0. The number of rotatable bonds is 7. The minimum atomic E-state index is -1.18. The molecule has 0 aromatic rings. The second-order valence-electron chi connectivity index (χ2n) is 7.66. The second kappa shape index (κ2) is 6.89. The Hall–Kier alpha value is -0.0962. The number of hydrogen-bond donors (Lipinski definition) is 0. The first-order chi connectivity index (χ1) is 7.98. The molecule has 0 saturated carbocycles. The van der Waals surface area contributed by atoms with E-state index in [9.17, 15) is 4.79 Å². The van der Waals surface area contributed by atoms with Crippen molar-refractivity contribution in [3.05, 3.63) is 0 Å². The van der Waals surface area contributed by atoms with Crippen molar-refractivity contribution in [2.45, 2.75) is 78.1 Å². The molecule has 0 aliphatic heterocycles. The summed E-state index contributed by atoms with van der Waals surface area (Å²) in [4.78, 5) is 12.2.